The molecule has 0 aromatic heterocycles. The molecule has 0 saturated carbocycles. The molecule has 1 unspecified atom stereocenters. The molecule has 1 aromatic carbocycles. The maximum atomic E-state index is 11.9. The number of hydrogen-bond acceptors (Lipinski definition) is 3. The quantitative estimate of drug-likeness (QED) is 0.867. The first-order valence-corrected chi connectivity index (χ1v) is 6.94. The molecule has 108 valence electrons. The van der Waals surface area contributed by atoms with Crippen LogP contribution >= 0.6 is 0 Å². The zero-order valence-corrected chi connectivity index (χ0v) is 12.7. The second-order valence-corrected chi connectivity index (χ2v) is 5.45. The number of amides is 1. The summed E-state index contributed by atoms with van der Waals surface area (Å²) in [5.41, 5.74) is 1.32. The van der Waals surface area contributed by atoms with Crippen molar-refractivity contribution < 1.29 is 4.79 Å². The first-order chi connectivity index (χ1) is 9.43. The van der Waals surface area contributed by atoms with Gasteiger partial charge in [-0.25, -0.2) is 0 Å². The van der Waals surface area contributed by atoms with Gasteiger partial charge in [-0.05, 0) is 44.2 Å². The molecule has 0 fully saturated rings. The Morgan fingerprint density at radius 2 is 1.90 bits per heavy atom. The van der Waals surface area contributed by atoms with Gasteiger partial charge in [-0.1, -0.05) is 13.8 Å². The minimum Gasteiger partial charge on any atom is -0.326 e. The Bertz CT molecular complexity index is 473. The van der Waals surface area contributed by atoms with Crippen LogP contribution < -0.4 is 5.32 Å². The van der Waals surface area contributed by atoms with E-state index < -0.39 is 0 Å². The second-order valence-electron chi connectivity index (χ2n) is 5.45. The van der Waals surface area contributed by atoms with Crippen molar-refractivity contribution >= 4 is 11.6 Å². The highest BCUT2D eigenvalue weighted by atomic mass is 16.1. The van der Waals surface area contributed by atoms with E-state index >= 15 is 0 Å². The Hall–Kier alpha value is -1.86. The third kappa shape index (κ3) is 5.02. The van der Waals surface area contributed by atoms with Crippen molar-refractivity contribution in [2.45, 2.75) is 33.2 Å². The standard InChI is InChI=1S/C16H23N3O/c1-12(2)13(3)19(4)10-9-16(20)18-15-7-5-14(11-17)6-8-15/h5-8,12-13H,9-10H2,1-4H3,(H,18,20). The van der Waals surface area contributed by atoms with E-state index in [4.69, 9.17) is 5.26 Å². The molecule has 0 spiro atoms. The van der Waals surface area contributed by atoms with Crippen molar-refractivity contribution in [1.29, 1.82) is 5.26 Å². The normalized spacial score (nSPS) is 12.2. The monoisotopic (exact) mass is 273 g/mol. The molecule has 0 bridgehead atoms. The molecule has 0 aliphatic heterocycles. The highest BCUT2D eigenvalue weighted by Crippen LogP contribution is 2.11. The molecule has 20 heavy (non-hydrogen) atoms. The van der Waals surface area contributed by atoms with Crippen LogP contribution in [-0.2, 0) is 4.79 Å². The van der Waals surface area contributed by atoms with Gasteiger partial charge in [0.1, 0.15) is 0 Å². The number of anilines is 1. The first-order valence-electron chi connectivity index (χ1n) is 6.94. The van der Waals surface area contributed by atoms with Crippen LogP contribution in [0.3, 0.4) is 0 Å². The summed E-state index contributed by atoms with van der Waals surface area (Å²) in [7, 11) is 2.04. The lowest BCUT2D eigenvalue weighted by Crippen LogP contribution is -2.35. The number of carbonyl (C=O) groups excluding carboxylic acids is 1. The maximum Gasteiger partial charge on any atom is 0.225 e. The van der Waals surface area contributed by atoms with Gasteiger partial charge in [-0.2, -0.15) is 5.26 Å². The van der Waals surface area contributed by atoms with Gasteiger partial charge in [-0.3, -0.25) is 4.79 Å². The highest BCUT2D eigenvalue weighted by molar-refractivity contribution is 5.90. The number of benzene rings is 1. The number of nitrogens with one attached hydrogen (secondary N) is 1. The van der Waals surface area contributed by atoms with Crippen LogP contribution in [0.4, 0.5) is 5.69 Å². The van der Waals surface area contributed by atoms with Crippen molar-refractivity contribution in [3.05, 3.63) is 29.8 Å². The van der Waals surface area contributed by atoms with Crippen LogP contribution in [0.25, 0.3) is 0 Å². The number of rotatable bonds is 6. The van der Waals surface area contributed by atoms with Crippen molar-refractivity contribution in [3.8, 4) is 6.07 Å². The predicted molar refractivity (Wildman–Crippen MR) is 81.3 cm³/mol. The Labute approximate surface area is 121 Å². The molecule has 0 aliphatic carbocycles. The molecule has 4 nitrogen and oxygen atoms in total. The number of carbonyl (C=O) groups is 1. The van der Waals surface area contributed by atoms with E-state index in [1.807, 2.05) is 7.05 Å². The summed E-state index contributed by atoms with van der Waals surface area (Å²) in [6.07, 6.45) is 0.466. The SMILES string of the molecule is CC(C)C(C)N(C)CCC(=O)Nc1ccc(C#N)cc1. The summed E-state index contributed by atoms with van der Waals surface area (Å²) < 4.78 is 0. The maximum absolute atomic E-state index is 11.9. The van der Waals surface area contributed by atoms with E-state index in [0.717, 1.165) is 12.2 Å². The number of nitriles is 1. The molecule has 4 heteroatoms. The lowest BCUT2D eigenvalue weighted by atomic mass is 10.1. The van der Waals surface area contributed by atoms with Gasteiger partial charge in [0, 0.05) is 24.7 Å². The van der Waals surface area contributed by atoms with E-state index in [2.05, 4.69) is 37.1 Å². The summed E-state index contributed by atoms with van der Waals surface area (Å²) in [4.78, 5) is 14.1. The number of hydrogen-bond donors (Lipinski definition) is 1. The molecule has 0 aliphatic rings. The highest BCUT2D eigenvalue weighted by Gasteiger charge is 2.14. The zero-order chi connectivity index (χ0) is 15.1. The van der Waals surface area contributed by atoms with Gasteiger partial charge in [0.05, 0.1) is 11.6 Å². The van der Waals surface area contributed by atoms with Gasteiger partial charge in [0.15, 0.2) is 0 Å². The van der Waals surface area contributed by atoms with Crippen molar-refractivity contribution in [2.75, 3.05) is 18.9 Å². The summed E-state index contributed by atoms with van der Waals surface area (Å²) in [5.74, 6) is 0.569. The average Bonchev–Trinajstić information content (AvgIpc) is 2.44. The van der Waals surface area contributed by atoms with Crippen LogP contribution in [0.5, 0.6) is 0 Å². The molecular weight excluding hydrogens is 250 g/mol. The van der Waals surface area contributed by atoms with Gasteiger partial charge < -0.3 is 10.2 Å². The molecular formula is C16H23N3O. The summed E-state index contributed by atoms with van der Waals surface area (Å²) in [5, 5.41) is 11.6. The minimum atomic E-state index is -0.00230. The van der Waals surface area contributed by atoms with E-state index in [1.165, 1.54) is 0 Å². The molecule has 0 heterocycles. The van der Waals surface area contributed by atoms with Crippen LogP contribution in [0, 0.1) is 17.2 Å². The van der Waals surface area contributed by atoms with Crippen LogP contribution in [-0.4, -0.2) is 30.4 Å². The Kier molecular flexibility index (Phi) is 6.20. The van der Waals surface area contributed by atoms with E-state index in [0.29, 0.717) is 23.9 Å². The molecule has 0 saturated heterocycles. The predicted octanol–water partition coefficient (Wildman–Crippen LogP) is 2.86. The Morgan fingerprint density at radius 3 is 2.40 bits per heavy atom. The fourth-order valence-electron chi connectivity index (χ4n) is 1.84. The fraction of sp³-hybridized carbons (Fsp3) is 0.500. The Morgan fingerprint density at radius 1 is 1.30 bits per heavy atom. The van der Waals surface area contributed by atoms with E-state index in [-0.39, 0.29) is 5.91 Å². The average molecular weight is 273 g/mol. The summed E-state index contributed by atoms with van der Waals surface area (Å²) >= 11 is 0. The topological polar surface area (TPSA) is 56.1 Å². The van der Waals surface area contributed by atoms with Crippen molar-refractivity contribution in [3.63, 3.8) is 0 Å². The molecule has 1 N–H and O–H groups in total. The second kappa shape index (κ2) is 7.66. The summed E-state index contributed by atoms with van der Waals surface area (Å²) in [6, 6.07) is 9.40. The van der Waals surface area contributed by atoms with E-state index in [1.54, 1.807) is 24.3 Å². The van der Waals surface area contributed by atoms with E-state index in [9.17, 15) is 4.79 Å². The third-order valence-corrected chi connectivity index (χ3v) is 3.65. The minimum absolute atomic E-state index is 0.00230. The van der Waals surface area contributed by atoms with Crippen LogP contribution in [0.1, 0.15) is 32.8 Å². The molecule has 1 rings (SSSR count). The van der Waals surface area contributed by atoms with Gasteiger partial charge in [0.25, 0.3) is 0 Å². The largest absolute Gasteiger partial charge is 0.326 e. The third-order valence-electron chi connectivity index (χ3n) is 3.65. The smallest absolute Gasteiger partial charge is 0.225 e. The molecule has 0 radical (unpaired) electrons. The zero-order valence-electron chi connectivity index (χ0n) is 12.7. The number of nitrogens with zero attached hydrogens (tertiary/aromatic N) is 2. The van der Waals surface area contributed by atoms with Crippen LogP contribution in [0.2, 0.25) is 0 Å². The Balaban J connectivity index is 2.42. The first kappa shape index (κ1) is 16.2. The van der Waals surface area contributed by atoms with Crippen molar-refractivity contribution in [1.82, 2.24) is 4.90 Å². The molecule has 1 aromatic rings. The van der Waals surface area contributed by atoms with Crippen molar-refractivity contribution in [2.24, 2.45) is 5.92 Å². The van der Waals surface area contributed by atoms with Gasteiger partial charge in [-0.15, -0.1) is 0 Å². The lowest BCUT2D eigenvalue weighted by Gasteiger charge is -2.27. The summed E-state index contributed by atoms with van der Waals surface area (Å²) in [6.45, 7) is 7.26. The molecule has 1 atom stereocenters. The molecule has 1 amide bonds. The fourth-order valence-corrected chi connectivity index (χ4v) is 1.84. The van der Waals surface area contributed by atoms with Crippen LogP contribution in [0.15, 0.2) is 24.3 Å². The van der Waals surface area contributed by atoms with Gasteiger partial charge in [0.2, 0.25) is 5.91 Å². The lowest BCUT2D eigenvalue weighted by molar-refractivity contribution is -0.116. The van der Waals surface area contributed by atoms with Gasteiger partial charge >= 0.3 is 0 Å².